The maximum Gasteiger partial charge on any atom is 0.116 e. The molecule has 0 spiro atoms. The lowest BCUT2D eigenvalue weighted by Gasteiger charge is -2.18. The zero-order valence-corrected chi connectivity index (χ0v) is 7.04. The second-order valence-corrected chi connectivity index (χ2v) is 2.79. The van der Waals surface area contributed by atoms with E-state index in [9.17, 15) is 5.11 Å². The third-order valence-corrected chi connectivity index (χ3v) is 1.82. The minimum Gasteiger partial charge on any atom is -0.508 e. The number of nitrogens with one attached hydrogen (secondary N) is 3. The molecular formula is C9H11N3O. The molecule has 1 heterocycles. The number of aromatic hydroxyl groups is 1. The molecule has 0 atom stereocenters. The van der Waals surface area contributed by atoms with Crippen LogP contribution in [-0.2, 0) is 0 Å². The van der Waals surface area contributed by atoms with E-state index in [1.807, 2.05) is 18.3 Å². The van der Waals surface area contributed by atoms with E-state index in [0.29, 0.717) is 6.67 Å². The van der Waals surface area contributed by atoms with Crippen molar-refractivity contribution in [1.29, 1.82) is 0 Å². The summed E-state index contributed by atoms with van der Waals surface area (Å²) >= 11 is 0. The highest BCUT2D eigenvalue weighted by molar-refractivity contribution is 5.64. The number of hydrogen-bond acceptors (Lipinski definition) is 4. The summed E-state index contributed by atoms with van der Waals surface area (Å²) in [5.41, 5.74) is 7.80. The van der Waals surface area contributed by atoms with Crippen LogP contribution in [-0.4, -0.2) is 11.8 Å². The summed E-state index contributed by atoms with van der Waals surface area (Å²) in [7, 11) is 0. The van der Waals surface area contributed by atoms with Crippen LogP contribution in [0.4, 0.5) is 0 Å². The van der Waals surface area contributed by atoms with Crippen LogP contribution in [0.2, 0.25) is 0 Å². The summed E-state index contributed by atoms with van der Waals surface area (Å²) < 4.78 is 0. The highest BCUT2D eigenvalue weighted by Gasteiger charge is 2.03. The van der Waals surface area contributed by atoms with Crippen LogP contribution in [0.5, 0.6) is 5.75 Å². The van der Waals surface area contributed by atoms with Gasteiger partial charge in [-0.2, -0.15) is 0 Å². The summed E-state index contributed by atoms with van der Waals surface area (Å²) in [4.78, 5) is 0. The lowest BCUT2D eigenvalue weighted by molar-refractivity contribution is 0.475. The van der Waals surface area contributed by atoms with E-state index in [0.717, 1.165) is 11.3 Å². The molecule has 4 N–H and O–H groups in total. The van der Waals surface area contributed by atoms with Gasteiger partial charge in [-0.1, -0.05) is 12.1 Å². The molecule has 0 saturated carbocycles. The largest absolute Gasteiger partial charge is 0.508 e. The maximum atomic E-state index is 9.25. The number of hydrazine groups is 1. The minimum absolute atomic E-state index is 0.269. The lowest BCUT2D eigenvalue weighted by atomic mass is 10.1. The number of phenolic OH excluding ortho intramolecular Hbond substituents is 1. The van der Waals surface area contributed by atoms with Crippen LogP contribution < -0.4 is 16.2 Å². The van der Waals surface area contributed by atoms with E-state index in [2.05, 4.69) is 16.2 Å². The van der Waals surface area contributed by atoms with E-state index in [4.69, 9.17) is 0 Å². The predicted molar refractivity (Wildman–Crippen MR) is 50.4 cm³/mol. The van der Waals surface area contributed by atoms with Gasteiger partial charge in [0.2, 0.25) is 0 Å². The van der Waals surface area contributed by atoms with Gasteiger partial charge < -0.3 is 15.8 Å². The van der Waals surface area contributed by atoms with E-state index >= 15 is 0 Å². The fourth-order valence-corrected chi connectivity index (χ4v) is 1.21. The molecule has 4 heteroatoms. The van der Waals surface area contributed by atoms with Gasteiger partial charge in [-0.15, -0.1) is 0 Å². The first-order valence-electron chi connectivity index (χ1n) is 4.08. The molecule has 0 unspecified atom stereocenters. The monoisotopic (exact) mass is 177 g/mol. The predicted octanol–water partition coefficient (Wildman–Crippen LogP) is 0.346. The number of rotatable bonds is 1. The Balaban J connectivity index is 2.29. The fraction of sp³-hybridized carbons (Fsp3) is 0.111. The first-order chi connectivity index (χ1) is 6.36. The van der Waals surface area contributed by atoms with Gasteiger partial charge in [0.25, 0.3) is 0 Å². The van der Waals surface area contributed by atoms with Crippen LogP contribution in [0.15, 0.2) is 30.5 Å². The molecule has 1 aromatic carbocycles. The molecule has 0 bridgehead atoms. The number of phenols is 1. The van der Waals surface area contributed by atoms with Crippen molar-refractivity contribution in [2.45, 2.75) is 0 Å². The Morgan fingerprint density at radius 1 is 1.31 bits per heavy atom. The first kappa shape index (κ1) is 7.94. The number of benzene rings is 1. The van der Waals surface area contributed by atoms with Crippen molar-refractivity contribution in [2.24, 2.45) is 0 Å². The van der Waals surface area contributed by atoms with Crippen molar-refractivity contribution in [2.75, 3.05) is 6.67 Å². The third-order valence-electron chi connectivity index (χ3n) is 1.82. The van der Waals surface area contributed by atoms with Crippen molar-refractivity contribution in [3.05, 3.63) is 36.0 Å². The first-order valence-corrected chi connectivity index (χ1v) is 4.08. The van der Waals surface area contributed by atoms with Gasteiger partial charge in [0.05, 0.1) is 12.4 Å². The lowest BCUT2D eigenvalue weighted by Crippen LogP contribution is -2.41. The Morgan fingerprint density at radius 3 is 2.92 bits per heavy atom. The second-order valence-electron chi connectivity index (χ2n) is 2.79. The Labute approximate surface area is 76.2 Å². The molecule has 0 aliphatic carbocycles. The zero-order valence-electron chi connectivity index (χ0n) is 7.04. The molecular weight excluding hydrogens is 166 g/mol. The second kappa shape index (κ2) is 3.37. The van der Waals surface area contributed by atoms with Gasteiger partial charge in [-0.3, -0.25) is 0 Å². The molecule has 0 radical (unpaired) electrons. The van der Waals surface area contributed by atoms with Gasteiger partial charge >= 0.3 is 0 Å². The Kier molecular flexibility index (Phi) is 2.06. The van der Waals surface area contributed by atoms with E-state index in [1.54, 1.807) is 12.1 Å². The summed E-state index contributed by atoms with van der Waals surface area (Å²) in [6, 6.07) is 7.08. The van der Waals surface area contributed by atoms with Crippen molar-refractivity contribution in [3.63, 3.8) is 0 Å². The Bertz CT molecular complexity index is 335. The van der Waals surface area contributed by atoms with Gasteiger partial charge in [0.1, 0.15) is 5.75 Å². The molecule has 0 fully saturated rings. The highest BCUT2D eigenvalue weighted by atomic mass is 16.3. The summed E-state index contributed by atoms with van der Waals surface area (Å²) in [5.74, 6) is 0.269. The molecule has 0 aromatic heterocycles. The molecule has 1 aliphatic rings. The van der Waals surface area contributed by atoms with Crippen molar-refractivity contribution in [3.8, 4) is 5.75 Å². The van der Waals surface area contributed by atoms with E-state index < -0.39 is 0 Å². The quantitative estimate of drug-likeness (QED) is 0.500. The molecule has 0 saturated heterocycles. The van der Waals surface area contributed by atoms with Crippen LogP contribution >= 0.6 is 0 Å². The molecule has 1 aromatic rings. The van der Waals surface area contributed by atoms with Crippen molar-refractivity contribution in [1.82, 2.24) is 16.2 Å². The standard InChI is InChI=1S/C9H11N3O/c13-8-3-1-2-7(4-8)9-5-10-6-11-12-9/h1-5,10-13H,6H2. The summed E-state index contributed by atoms with van der Waals surface area (Å²) in [6.07, 6.45) is 1.87. The zero-order chi connectivity index (χ0) is 9.10. The van der Waals surface area contributed by atoms with Gasteiger partial charge in [0.15, 0.2) is 0 Å². The third kappa shape index (κ3) is 1.73. The molecule has 68 valence electrons. The maximum absolute atomic E-state index is 9.25. The van der Waals surface area contributed by atoms with Gasteiger partial charge in [-0.05, 0) is 12.1 Å². The van der Waals surface area contributed by atoms with Gasteiger partial charge in [-0.25, -0.2) is 5.43 Å². The fourth-order valence-electron chi connectivity index (χ4n) is 1.21. The van der Waals surface area contributed by atoms with Crippen LogP contribution in [0.25, 0.3) is 5.70 Å². The van der Waals surface area contributed by atoms with Gasteiger partial charge in [0, 0.05) is 11.8 Å². The number of hydrogen-bond donors (Lipinski definition) is 4. The van der Waals surface area contributed by atoms with Crippen LogP contribution in [0.1, 0.15) is 5.56 Å². The van der Waals surface area contributed by atoms with Crippen LogP contribution in [0, 0.1) is 0 Å². The van der Waals surface area contributed by atoms with Crippen LogP contribution in [0.3, 0.4) is 0 Å². The Morgan fingerprint density at radius 2 is 2.23 bits per heavy atom. The SMILES string of the molecule is Oc1cccc(C2=CNCNN2)c1. The molecule has 1 aliphatic heterocycles. The van der Waals surface area contributed by atoms with Crippen molar-refractivity contribution < 1.29 is 5.11 Å². The average Bonchev–Trinajstić information content (AvgIpc) is 2.19. The van der Waals surface area contributed by atoms with Crippen molar-refractivity contribution >= 4 is 5.70 Å². The molecule has 13 heavy (non-hydrogen) atoms. The molecule has 2 rings (SSSR count). The highest BCUT2D eigenvalue weighted by Crippen LogP contribution is 2.16. The van der Waals surface area contributed by atoms with E-state index in [1.165, 1.54) is 0 Å². The topological polar surface area (TPSA) is 56.3 Å². The summed E-state index contributed by atoms with van der Waals surface area (Å²) in [5, 5.41) is 12.3. The smallest absolute Gasteiger partial charge is 0.116 e. The molecule has 0 amide bonds. The van der Waals surface area contributed by atoms with E-state index in [-0.39, 0.29) is 5.75 Å². The average molecular weight is 177 g/mol. The summed E-state index contributed by atoms with van der Waals surface area (Å²) in [6.45, 7) is 0.697. The molecule has 4 nitrogen and oxygen atoms in total. The Hall–Kier alpha value is -1.68. The normalized spacial score (nSPS) is 15.5. The minimum atomic E-state index is 0.269.